The van der Waals surface area contributed by atoms with E-state index in [9.17, 15) is 4.79 Å². The minimum Gasteiger partial charge on any atom is -0.462 e. The van der Waals surface area contributed by atoms with Crippen molar-refractivity contribution >= 4 is 34.3 Å². The van der Waals surface area contributed by atoms with Crippen molar-refractivity contribution in [3.63, 3.8) is 0 Å². The maximum absolute atomic E-state index is 11.6. The molecular formula is C17H17N5O2. The highest BCUT2D eigenvalue weighted by Crippen LogP contribution is 2.19. The molecular weight excluding hydrogens is 306 g/mol. The molecule has 3 rings (SSSR count). The largest absolute Gasteiger partial charge is 0.462 e. The highest BCUT2D eigenvalue weighted by Gasteiger charge is 2.07. The maximum Gasteiger partial charge on any atom is 0.338 e. The Hall–Kier alpha value is -3.22. The molecule has 7 nitrogen and oxygen atoms in total. The van der Waals surface area contributed by atoms with Crippen molar-refractivity contribution in [3.8, 4) is 0 Å². The van der Waals surface area contributed by atoms with Crippen LogP contribution in [0.3, 0.4) is 0 Å². The van der Waals surface area contributed by atoms with Gasteiger partial charge in [-0.25, -0.2) is 19.7 Å². The Morgan fingerprint density at radius 1 is 1.25 bits per heavy atom. The van der Waals surface area contributed by atoms with Gasteiger partial charge in [0.05, 0.1) is 29.7 Å². The highest BCUT2D eigenvalue weighted by atomic mass is 16.5. The van der Waals surface area contributed by atoms with Crippen LogP contribution in [0.15, 0.2) is 36.5 Å². The van der Waals surface area contributed by atoms with E-state index in [4.69, 9.17) is 10.5 Å². The van der Waals surface area contributed by atoms with Crippen molar-refractivity contribution in [2.24, 2.45) is 0 Å². The standard InChI is InChI=1S/C17H17N5O2/c1-3-24-17(23)11-4-6-12(7-5-11)21-15-9-19-14-8-13(18)10(2)20-16(14)22-15/h4-9H,3,18H2,1-2H3,(H,20,21,22). The zero-order chi connectivity index (χ0) is 17.1. The molecule has 0 unspecified atom stereocenters. The third kappa shape index (κ3) is 3.24. The maximum atomic E-state index is 11.6. The number of nitrogens with two attached hydrogens (primary N) is 1. The molecule has 0 amide bonds. The Bertz CT molecular complexity index is 893. The van der Waals surface area contributed by atoms with Crippen LogP contribution in [0.5, 0.6) is 0 Å². The van der Waals surface area contributed by atoms with Gasteiger partial charge in [0.2, 0.25) is 0 Å². The van der Waals surface area contributed by atoms with Gasteiger partial charge in [-0.15, -0.1) is 0 Å². The number of hydrogen-bond acceptors (Lipinski definition) is 7. The average molecular weight is 323 g/mol. The monoisotopic (exact) mass is 323 g/mol. The molecule has 0 spiro atoms. The summed E-state index contributed by atoms with van der Waals surface area (Å²) in [7, 11) is 0. The van der Waals surface area contributed by atoms with E-state index >= 15 is 0 Å². The summed E-state index contributed by atoms with van der Waals surface area (Å²) in [6, 6.07) is 8.69. The molecule has 24 heavy (non-hydrogen) atoms. The predicted molar refractivity (Wildman–Crippen MR) is 92.2 cm³/mol. The number of nitrogens with zero attached hydrogens (tertiary/aromatic N) is 3. The number of fused-ring (bicyclic) bond motifs is 1. The van der Waals surface area contributed by atoms with Crippen LogP contribution >= 0.6 is 0 Å². The van der Waals surface area contributed by atoms with Gasteiger partial charge in [-0.1, -0.05) is 0 Å². The van der Waals surface area contributed by atoms with Crippen molar-refractivity contribution in [1.29, 1.82) is 0 Å². The van der Waals surface area contributed by atoms with Crippen LogP contribution < -0.4 is 11.1 Å². The molecule has 0 radical (unpaired) electrons. The molecule has 0 bridgehead atoms. The molecule has 1 aromatic carbocycles. The molecule has 0 atom stereocenters. The molecule has 2 heterocycles. The van der Waals surface area contributed by atoms with Crippen molar-refractivity contribution in [2.45, 2.75) is 13.8 Å². The lowest BCUT2D eigenvalue weighted by Crippen LogP contribution is -2.04. The van der Waals surface area contributed by atoms with E-state index in [0.29, 0.717) is 40.5 Å². The third-order valence-corrected chi connectivity index (χ3v) is 3.43. The van der Waals surface area contributed by atoms with E-state index in [1.807, 2.05) is 6.92 Å². The van der Waals surface area contributed by atoms with Gasteiger partial charge in [-0.3, -0.25) is 0 Å². The lowest BCUT2D eigenvalue weighted by Gasteiger charge is -2.08. The van der Waals surface area contributed by atoms with Crippen LogP contribution in [0.1, 0.15) is 23.0 Å². The molecule has 0 aliphatic heterocycles. The quantitative estimate of drug-likeness (QED) is 0.711. The number of aryl methyl sites for hydroxylation is 1. The van der Waals surface area contributed by atoms with Gasteiger partial charge >= 0.3 is 5.97 Å². The van der Waals surface area contributed by atoms with Gasteiger partial charge < -0.3 is 15.8 Å². The molecule has 3 N–H and O–H groups in total. The van der Waals surface area contributed by atoms with Gasteiger partial charge in [0, 0.05) is 5.69 Å². The summed E-state index contributed by atoms with van der Waals surface area (Å²) in [5, 5.41) is 3.13. The Morgan fingerprint density at radius 2 is 2.00 bits per heavy atom. The normalized spacial score (nSPS) is 10.6. The molecule has 3 aromatic rings. The molecule has 2 aromatic heterocycles. The fraction of sp³-hybridized carbons (Fsp3) is 0.176. The van der Waals surface area contributed by atoms with E-state index < -0.39 is 0 Å². The first kappa shape index (κ1) is 15.7. The minimum atomic E-state index is -0.341. The minimum absolute atomic E-state index is 0.341. The van der Waals surface area contributed by atoms with Crippen molar-refractivity contribution < 1.29 is 9.53 Å². The van der Waals surface area contributed by atoms with E-state index in [1.165, 1.54) is 0 Å². The number of pyridine rings is 1. The predicted octanol–water partition coefficient (Wildman–Crippen LogP) is 2.84. The number of nitrogens with one attached hydrogen (secondary N) is 1. The third-order valence-electron chi connectivity index (χ3n) is 3.43. The topological polar surface area (TPSA) is 103 Å². The van der Waals surface area contributed by atoms with E-state index in [0.717, 1.165) is 5.69 Å². The highest BCUT2D eigenvalue weighted by molar-refractivity contribution is 5.90. The molecule has 0 saturated carbocycles. The number of anilines is 3. The summed E-state index contributed by atoms with van der Waals surface area (Å²) in [5.41, 5.74) is 9.57. The molecule has 0 saturated heterocycles. The average Bonchev–Trinajstić information content (AvgIpc) is 2.57. The summed E-state index contributed by atoms with van der Waals surface area (Å²) in [5.74, 6) is 0.217. The second-order valence-electron chi connectivity index (χ2n) is 5.18. The molecule has 0 aliphatic carbocycles. The van der Waals surface area contributed by atoms with Crippen LogP contribution in [-0.2, 0) is 4.74 Å². The first-order valence-corrected chi connectivity index (χ1v) is 7.51. The van der Waals surface area contributed by atoms with Gasteiger partial charge in [-0.2, -0.15) is 0 Å². The number of esters is 1. The number of ether oxygens (including phenoxy) is 1. The first-order chi connectivity index (χ1) is 11.6. The van der Waals surface area contributed by atoms with Gasteiger partial charge in [0.1, 0.15) is 5.52 Å². The van der Waals surface area contributed by atoms with Crippen molar-refractivity contribution in [1.82, 2.24) is 15.0 Å². The number of rotatable bonds is 4. The molecule has 7 heteroatoms. The van der Waals surface area contributed by atoms with Crippen molar-refractivity contribution in [3.05, 3.63) is 47.8 Å². The Morgan fingerprint density at radius 3 is 2.71 bits per heavy atom. The molecule has 0 fully saturated rings. The first-order valence-electron chi connectivity index (χ1n) is 7.51. The van der Waals surface area contributed by atoms with Gasteiger partial charge in [0.15, 0.2) is 11.5 Å². The second kappa shape index (κ2) is 6.49. The zero-order valence-corrected chi connectivity index (χ0v) is 13.4. The lowest BCUT2D eigenvalue weighted by molar-refractivity contribution is 0.0526. The fourth-order valence-corrected chi connectivity index (χ4v) is 2.16. The Kier molecular flexibility index (Phi) is 4.24. The number of benzene rings is 1. The summed E-state index contributed by atoms with van der Waals surface area (Å²) in [6.45, 7) is 3.95. The van der Waals surface area contributed by atoms with E-state index in [2.05, 4.69) is 20.3 Å². The number of aromatic nitrogens is 3. The molecule has 122 valence electrons. The van der Waals surface area contributed by atoms with E-state index in [-0.39, 0.29) is 5.97 Å². The Labute approximate surface area is 138 Å². The van der Waals surface area contributed by atoms with Gasteiger partial charge in [-0.05, 0) is 44.2 Å². The van der Waals surface area contributed by atoms with Crippen molar-refractivity contribution in [2.75, 3.05) is 17.7 Å². The van der Waals surface area contributed by atoms with Crippen LogP contribution in [-0.4, -0.2) is 27.5 Å². The number of hydrogen-bond donors (Lipinski definition) is 2. The molecule has 0 aliphatic rings. The number of carbonyl (C=O) groups excluding carboxylic acids is 1. The lowest BCUT2D eigenvalue weighted by atomic mass is 10.2. The van der Waals surface area contributed by atoms with Gasteiger partial charge in [0.25, 0.3) is 0 Å². The van der Waals surface area contributed by atoms with E-state index in [1.54, 1.807) is 43.5 Å². The zero-order valence-electron chi connectivity index (χ0n) is 13.4. The summed E-state index contributed by atoms with van der Waals surface area (Å²) >= 11 is 0. The van der Waals surface area contributed by atoms with Crippen LogP contribution in [0.4, 0.5) is 17.2 Å². The summed E-state index contributed by atoms with van der Waals surface area (Å²) < 4.78 is 4.95. The number of nitrogen functional groups attached to an aromatic ring is 1. The summed E-state index contributed by atoms with van der Waals surface area (Å²) in [4.78, 5) is 24.7. The number of carbonyl (C=O) groups is 1. The van der Waals surface area contributed by atoms with Crippen LogP contribution in [0.2, 0.25) is 0 Å². The van der Waals surface area contributed by atoms with Crippen LogP contribution in [0, 0.1) is 6.92 Å². The van der Waals surface area contributed by atoms with Crippen LogP contribution in [0.25, 0.3) is 11.2 Å². The smallest absolute Gasteiger partial charge is 0.338 e. The second-order valence-corrected chi connectivity index (χ2v) is 5.18. The summed E-state index contributed by atoms with van der Waals surface area (Å²) in [6.07, 6.45) is 1.61. The SMILES string of the molecule is CCOC(=O)c1ccc(Nc2cnc3cc(N)c(C)nc3n2)cc1. The Balaban J connectivity index is 1.81. The fourth-order valence-electron chi connectivity index (χ4n) is 2.16.